The van der Waals surface area contributed by atoms with Gasteiger partial charge in [-0.15, -0.1) is 0 Å². The summed E-state index contributed by atoms with van der Waals surface area (Å²) >= 11 is 0. The van der Waals surface area contributed by atoms with Crippen molar-refractivity contribution in [2.45, 2.75) is 19.3 Å². The molecule has 0 bridgehead atoms. The summed E-state index contributed by atoms with van der Waals surface area (Å²) in [4.78, 5) is 6.43. The van der Waals surface area contributed by atoms with E-state index in [4.69, 9.17) is 4.74 Å². The topological polar surface area (TPSA) is 48.9 Å². The lowest BCUT2D eigenvalue weighted by Crippen LogP contribution is -2.45. The smallest absolute Gasteiger partial charge is 0.191 e. The van der Waals surface area contributed by atoms with Crippen molar-refractivity contribution in [3.8, 4) is 0 Å². The minimum absolute atomic E-state index is 0.199. The zero-order chi connectivity index (χ0) is 18.0. The van der Waals surface area contributed by atoms with Crippen LogP contribution in [0, 0.1) is 5.82 Å². The summed E-state index contributed by atoms with van der Waals surface area (Å²) in [5.41, 5.74) is 0.763. The van der Waals surface area contributed by atoms with Crippen molar-refractivity contribution in [1.82, 2.24) is 15.5 Å². The average molecular weight is 338 g/mol. The summed E-state index contributed by atoms with van der Waals surface area (Å²) in [6.07, 6.45) is 0. The Bertz CT molecular complexity index is 519. The van der Waals surface area contributed by atoms with E-state index in [1.165, 1.54) is 6.07 Å². The van der Waals surface area contributed by atoms with Crippen LogP contribution in [0.3, 0.4) is 0 Å². The number of rotatable bonds is 9. The largest absolute Gasteiger partial charge is 0.383 e. The van der Waals surface area contributed by atoms with Crippen LogP contribution in [-0.4, -0.2) is 64.9 Å². The molecule has 0 fully saturated rings. The summed E-state index contributed by atoms with van der Waals surface area (Å²) in [7, 11) is 5.52. The number of methoxy groups -OCH3 is 1. The number of ether oxygens (including phenoxy) is 1. The van der Waals surface area contributed by atoms with Gasteiger partial charge in [0.25, 0.3) is 0 Å². The molecule has 1 rings (SSSR count). The monoisotopic (exact) mass is 338 g/mol. The molecule has 0 saturated heterocycles. The van der Waals surface area contributed by atoms with Crippen LogP contribution < -0.4 is 10.6 Å². The number of hydrogen-bond donors (Lipinski definition) is 2. The van der Waals surface area contributed by atoms with Crippen LogP contribution in [0.25, 0.3) is 0 Å². The Morgan fingerprint density at radius 1 is 1.29 bits per heavy atom. The zero-order valence-electron chi connectivity index (χ0n) is 15.5. The standard InChI is InChI=1S/C18H31FN4O/c1-18(2,15-7-6-8-16(19)13-15)14-22-17(20-3)21-9-10-23(4)11-12-24-5/h6-8,13H,9-12,14H2,1-5H3,(H2,20,21,22). The SMILES string of the molecule is CN=C(NCCN(C)CCOC)NCC(C)(C)c1cccc(F)c1. The van der Waals surface area contributed by atoms with Crippen molar-refractivity contribution >= 4 is 5.96 Å². The van der Waals surface area contributed by atoms with Gasteiger partial charge in [-0.2, -0.15) is 0 Å². The molecule has 5 nitrogen and oxygen atoms in total. The lowest BCUT2D eigenvalue weighted by molar-refractivity contribution is 0.162. The van der Waals surface area contributed by atoms with Crippen molar-refractivity contribution in [1.29, 1.82) is 0 Å². The first-order chi connectivity index (χ1) is 11.4. The van der Waals surface area contributed by atoms with Gasteiger partial charge in [-0.3, -0.25) is 4.99 Å². The van der Waals surface area contributed by atoms with E-state index in [2.05, 4.69) is 41.4 Å². The second kappa shape index (κ2) is 10.3. The number of nitrogens with one attached hydrogen (secondary N) is 2. The molecule has 24 heavy (non-hydrogen) atoms. The summed E-state index contributed by atoms with van der Waals surface area (Å²) in [5, 5.41) is 6.61. The van der Waals surface area contributed by atoms with Gasteiger partial charge in [0.2, 0.25) is 0 Å². The van der Waals surface area contributed by atoms with Gasteiger partial charge in [-0.1, -0.05) is 26.0 Å². The van der Waals surface area contributed by atoms with Crippen LogP contribution in [0.5, 0.6) is 0 Å². The molecule has 0 aromatic heterocycles. The number of guanidine groups is 1. The Morgan fingerprint density at radius 2 is 2.04 bits per heavy atom. The first-order valence-electron chi connectivity index (χ1n) is 8.27. The van der Waals surface area contributed by atoms with Crippen LogP contribution >= 0.6 is 0 Å². The molecule has 0 unspecified atom stereocenters. The molecule has 0 aliphatic heterocycles. The van der Waals surface area contributed by atoms with Gasteiger partial charge in [0.1, 0.15) is 5.82 Å². The lowest BCUT2D eigenvalue weighted by Gasteiger charge is -2.27. The Balaban J connectivity index is 2.43. The molecule has 0 amide bonds. The molecule has 0 saturated carbocycles. The highest BCUT2D eigenvalue weighted by molar-refractivity contribution is 5.79. The van der Waals surface area contributed by atoms with E-state index >= 15 is 0 Å². The maximum Gasteiger partial charge on any atom is 0.191 e. The number of nitrogens with zero attached hydrogens (tertiary/aromatic N) is 2. The van der Waals surface area contributed by atoms with Crippen molar-refractivity contribution in [3.05, 3.63) is 35.6 Å². The molecule has 0 radical (unpaired) electrons. The highest BCUT2D eigenvalue weighted by Crippen LogP contribution is 2.22. The molecule has 0 spiro atoms. The van der Waals surface area contributed by atoms with Crippen LogP contribution in [0.4, 0.5) is 4.39 Å². The van der Waals surface area contributed by atoms with Crippen molar-refractivity contribution in [2.24, 2.45) is 4.99 Å². The van der Waals surface area contributed by atoms with Gasteiger partial charge in [0.05, 0.1) is 6.61 Å². The molecule has 6 heteroatoms. The maximum absolute atomic E-state index is 13.4. The third kappa shape index (κ3) is 7.27. The van der Waals surface area contributed by atoms with Crippen molar-refractivity contribution in [2.75, 3.05) is 54.0 Å². The predicted octanol–water partition coefficient (Wildman–Crippen LogP) is 1.85. The van der Waals surface area contributed by atoms with Crippen LogP contribution in [-0.2, 0) is 10.2 Å². The molecule has 1 aromatic carbocycles. The quantitative estimate of drug-likeness (QED) is 0.533. The van der Waals surface area contributed by atoms with E-state index in [0.717, 1.165) is 37.8 Å². The highest BCUT2D eigenvalue weighted by Gasteiger charge is 2.21. The maximum atomic E-state index is 13.4. The van der Waals surface area contributed by atoms with Crippen LogP contribution in [0.2, 0.25) is 0 Å². The molecule has 2 N–H and O–H groups in total. The molecular weight excluding hydrogens is 307 g/mol. The molecule has 0 aliphatic carbocycles. The molecular formula is C18H31FN4O. The molecule has 0 aliphatic rings. The van der Waals surface area contributed by atoms with E-state index in [1.807, 2.05) is 6.07 Å². The van der Waals surface area contributed by atoms with Crippen molar-refractivity contribution < 1.29 is 9.13 Å². The fourth-order valence-corrected chi connectivity index (χ4v) is 2.26. The van der Waals surface area contributed by atoms with Gasteiger partial charge >= 0.3 is 0 Å². The molecule has 0 atom stereocenters. The van der Waals surface area contributed by atoms with Gasteiger partial charge in [-0.25, -0.2) is 4.39 Å². The summed E-state index contributed by atoms with van der Waals surface area (Å²) in [5.74, 6) is 0.543. The van der Waals surface area contributed by atoms with Crippen LogP contribution in [0.1, 0.15) is 19.4 Å². The van der Waals surface area contributed by atoms with E-state index in [9.17, 15) is 4.39 Å². The summed E-state index contributed by atoms with van der Waals surface area (Å²) in [6.45, 7) is 8.15. The minimum atomic E-state index is -0.206. The average Bonchev–Trinajstić information content (AvgIpc) is 2.56. The second-order valence-electron chi connectivity index (χ2n) is 6.54. The van der Waals surface area contributed by atoms with E-state index in [1.54, 1.807) is 26.3 Å². The Hall–Kier alpha value is -1.66. The predicted molar refractivity (Wildman–Crippen MR) is 98.2 cm³/mol. The molecule has 0 heterocycles. The van der Waals surface area contributed by atoms with Gasteiger partial charge in [-0.05, 0) is 24.7 Å². The highest BCUT2D eigenvalue weighted by atomic mass is 19.1. The van der Waals surface area contributed by atoms with Crippen molar-refractivity contribution in [3.63, 3.8) is 0 Å². The Kier molecular flexibility index (Phi) is 8.71. The Labute approximate surface area is 145 Å². The normalized spacial score (nSPS) is 12.5. The number of hydrogen-bond acceptors (Lipinski definition) is 3. The Morgan fingerprint density at radius 3 is 2.67 bits per heavy atom. The third-order valence-electron chi connectivity index (χ3n) is 3.99. The number of aliphatic imine (C=N–C) groups is 1. The zero-order valence-corrected chi connectivity index (χ0v) is 15.5. The van der Waals surface area contributed by atoms with Crippen LogP contribution in [0.15, 0.2) is 29.3 Å². The molecule has 1 aromatic rings. The van der Waals surface area contributed by atoms with E-state index < -0.39 is 0 Å². The fraction of sp³-hybridized carbons (Fsp3) is 0.611. The lowest BCUT2D eigenvalue weighted by atomic mass is 9.84. The van der Waals surface area contributed by atoms with E-state index in [0.29, 0.717) is 6.54 Å². The minimum Gasteiger partial charge on any atom is -0.383 e. The first-order valence-corrected chi connectivity index (χ1v) is 8.27. The summed E-state index contributed by atoms with van der Waals surface area (Å²) in [6, 6.07) is 6.75. The van der Waals surface area contributed by atoms with Gasteiger partial charge in [0, 0.05) is 45.8 Å². The van der Waals surface area contributed by atoms with Gasteiger partial charge < -0.3 is 20.3 Å². The first kappa shape index (κ1) is 20.4. The van der Waals surface area contributed by atoms with E-state index in [-0.39, 0.29) is 11.2 Å². The molecule has 136 valence electrons. The number of halogens is 1. The van der Waals surface area contributed by atoms with Gasteiger partial charge in [0.15, 0.2) is 5.96 Å². The number of benzene rings is 1. The summed E-state index contributed by atoms with van der Waals surface area (Å²) < 4.78 is 18.5. The second-order valence-corrected chi connectivity index (χ2v) is 6.54. The fourth-order valence-electron chi connectivity index (χ4n) is 2.26. The third-order valence-corrected chi connectivity index (χ3v) is 3.99. The number of likely N-dealkylation sites (N-methyl/N-ethyl adjacent to an activating group) is 1.